The van der Waals surface area contributed by atoms with Crippen LogP contribution in [0.15, 0.2) is 18.2 Å². The summed E-state index contributed by atoms with van der Waals surface area (Å²) in [4.78, 5) is -1.64. The van der Waals surface area contributed by atoms with Crippen LogP contribution in [0, 0.1) is 0 Å². The number of benzene rings is 1. The zero-order valence-corrected chi connectivity index (χ0v) is 11.2. The highest BCUT2D eigenvalue weighted by atomic mass is 79.9. The van der Waals surface area contributed by atoms with Crippen molar-refractivity contribution in [2.75, 3.05) is 0 Å². The van der Waals surface area contributed by atoms with E-state index in [0.29, 0.717) is 0 Å². The number of aryl methyl sites for hydroxylation is 2. The lowest BCUT2D eigenvalue weighted by Crippen LogP contribution is -2.31. The van der Waals surface area contributed by atoms with Crippen molar-refractivity contribution in [1.82, 2.24) is 0 Å². The fourth-order valence-electron chi connectivity index (χ4n) is 2.24. The Balaban J connectivity index is 2.28. The van der Waals surface area contributed by atoms with Crippen molar-refractivity contribution in [1.29, 1.82) is 0 Å². The minimum absolute atomic E-state index is 0.223. The van der Waals surface area contributed by atoms with E-state index in [9.17, 15) is 17.6 Å². The number of halogens is 5. The van der Waals surface area contributed by atoms with E-state index >= 15 is 0 Å². The Morgan fingerprint density at radius 2 is 1.67 bits per heavy atom. The van der Waals surface area contributed by atoms with Gasteiger partial charge >= 0.3 is 12.3 Å². The molecule has 0 heterocycles. The van der Waals surface area contributed by atoms with Gasteiger partial charge < -0.3 is 0 Å². The number of rotatable bonds is 3. The average Bonchev–Trinajstić information content (AvgIpc) is 2.37. The summed E-state index contributed by atoms with van der Waals surface area (Å²) >= 11 is 2.71. The highest BCUT2D eigenvalue weighted by molar-refractivity contribution is 9.09. The minimum atomic E-state index is -4.05. The van der Waals surface area contributed by atoms with Crippen LogP contribution in [0.25, 0.3) is 0 Å². The lowest BCUT2D eigenvalue weighted by molar-refractivity contribution is -0.127. The van der Waals surface area contributed by atoms with Gasteiger partial charge in [-0.15, -0.1) is 0 Å². The van der Waals surface area contributed by atoms with Crippen LogP contribution in [0.5, 0.6) is 0 Å². The highest BCUT2D eigenvalue weighted by Gasteiger charge is 2.48. The van der Waals surface area contributed by atoms with Gasteiger partial charge in [0.2, 0.25) is 0 Å². The van der Waals surface area contributed by atoms with E-state index in [0.717, 1.165) is 36.8 Å². The van der Waals surface area contributed by atoms with Crippen molar-refractivity contribution >= 4 is 15.9 Å². The topological polar surface area (TPSA) is 0 Å². The van der Waals surface area contributed by atoms with Crippen LogP contribution >= 0.6 is 15.9 Å². The Morgan fingerprint density at radius 3 is 2.28 bits per heavy atom. The van der Waals surface area contributed by atoms with Crippen molar-refractivity contribution in [3.05, 3.63) is 34.9 Å². The maximum atomic E-state index is 13.3. The van der Waals surface area contributed by atoms with E-state index in [1.165, 1.54) is 6.07 Å². The van der Waals surface area contributed by atoms with E-state index in [1.54, 1.807) is 12.1 Å². The molecule has 18 heavy (non-hydrogen) atoms. The summed E-state index contributed by atoms with van der Waals surface area (Å²) in [7, 11) is 0. The molecule has 1 aliphatic rings. The summed E-state index contributed by atoms with van der Waals surface area (Å²) in [6.45, 7) is 0. The number of fused-ring (bicyclic) bond motifs is 1. The molecule has 1 aliphatic carbocycles. The predicted molar refractivity (Wildman–Crippen MR) is 65.7 cm³/mol. The molecule has 0 N–H and O–H groups in total. The molecule has 0 aromatic heterocycles. The van der Waals surface area contributed by atoms with Crippen molar-refractivity contribution < 1.29 is 17.6 Å². The van der Waals surface area contributed by atoms with Gasteiger partial charge in [0.05, 0.1) is 0 Å². The van der Waals surface area contributed by atoms with Crippen LogP contribution in [0.1, 0.15) is 34.4 Å². The van der Waals surface area contributed by atoms with Gasteiger partial charge in [-0.05, 0) is 42.4 Å². The van der Waals surface area contributed by atoms with Crippen molar-refractivity contribution in [2.24, 2.45) is 0 Å². The molecule has 100 valence electrons. The Hall–Kier alpha value is -0.580. The first kappa shape index (κ1) is 13.8. The lowest BCUT2D eigenvalue weighted by Gasteiger charge is -2.23. The number of hydrogen-bond acceptors (Lipinski definition) is 0. The predicted octanol–water partition coefficient (Wildman–Crippen LogP) is 4.90. The number of hydrogen-bond donors (Lipinski definition) is 0. The van der Waals surface area contributed by atoms with Gasteiger partial charge in [-0.2, -0.15) is 8.78 Å². The summed E-state index contributed by atoms with van der Waals surface area (Å²) in [5.41, 5.74) is 2.37. The minimum Gasteiger partial charge on any atom is -0.204 e. The first-order valence-electron chi connectivity index (χ1n) is 5.84. The van der Waals surface area contributed by atoms with Crippen LogP contribution in [-0.4, -0.2) is 12.3 Å². The Labute approximate surface area is 112 Å². The normalized spacial score (nSPS) is 17.7. The van der Waals surface area contributed by atoms with Crippen LogP contribution in [0.4, 0.5) is 17.6 Å². The fourth-order valence-corrected chi connectivity index (χ4v) is 2.73. The first-order valence-corrected chi connectivity index (χ1v) is 6.76. The Morgan fingerprint density at radius 1 is 1.06 bits per heavy atom. The third kappa shape index (κ3) is 2.56. The quantitative estimate of drug-likeness (QED) is 0.548. The zero-order chi connectivity index (χ0) is 13.3. The summed E-state index contributed by atoms with van der Waals surface area (Å²) in [5.74, 6) is -4.05. The zero-order valence-electron chi connectivity index (χ0n) is 9.61. The van der Waals surface area contributed by atoms with E-state index in [1.807, 2.05) is 0 Å². The maximum Gasteiger partial charge on any atom is 0.323 e. The second-order valence-electron chi connectivity index (χ2n) is 4.57. The molecule has 5 heteroatoms. The summed E-state index contributed by atoms with van der Waals surface area (Å²) in [6.07, 6.45) is 0.223. The molecule has 0 amide bonds. The molecule has 1 atom stereocenters. The lowest BCUT2D eigenvalue weighted by atomic mass is 9.89. The largest absolute Gasteiger partial charge is 0.323 e. The smallest absolute Gasteiger partial charge is 0.204 e. The van der Waals surface area contributed by atoms with Gasteiger partial charge in [0.1, 0.15) is 4.83 Å². The van der Waals surface area contributed by atoms with Gasteiger partial charge in [0, 0.05) is 0 Å². The second-order valence-corrected chi connectivity index (χ2v) is 5.49. The highest BCUT2D eigenvalue weighted by Crippen LogP contribution is 2.43. The van der Waals surface area contributed by atoms with Gasteiger partial charge in [-0.1, -0.05) is 34.1 Å². The second kappa shape index (κ2) is 5.19. The van der Waals surface area contributed by atoms with Crippen molar-refractivity contribution in [2.45, 2.75) is 42.9 Å². The van der Waals surface area contributed by atoms with Crippen LogP contribution in [0.2, 0.25) is 0 Å². The number of alkyl halides is 5. The van der Waals surface area contributed by atoms with Crippen LogP contribution in [0.3, 0.4) is 0 Å². The monoisotopic (exact) mass is 324 g/mol. The molecule has 1 aromatic rings. The molecular weight excluding hydrogens is 312 g/mol. The standard InChI is InChI=1S/C13H13BrF4/c14-11(13(17,18)12(15)16)10-6-5-8-3-1-2-4-9(8)7-10/h5-7,11-12H,1-4H2. The molecule has 0 saturated carbocycles. The molecule has 1 aromatic carbocycles. The Bertz CT molecular complexity index is 431. The van der Waals surface area contributed by atoms with Gasteiger partial charge in [0.25, 0.3) is 0 Å². The van der Waals surface area contributed by atoms with Crippen LogP contribution in [-0.2, 0) is 12.8 Å². The summed E-state index contributed by atoms with van der Waals surface area (Å²) in [5, 5.41) is 0. The fraction of sp³-hybridized carbons (Fsp3) is 0.538. The van der Waals surface area contributed by atoms with Gasteiger partial charge in [0.15, 0.2) is 0 Å². The summed E-state index contributed by atoms with van der Waals surface area (Å²) < 4.78 is 51.1. The molecule has 0 nitrogen and oxygen atoms in total. The maximum absolute atomic E-state index is 13.3. The SMILES string of the molecule is FC(F)C(F)(F)C(Br)c1ccc2c(c1)CCCC2. The van der Waals surface area contributed by atoms with E-state index in [2.05, 4.69) is 15.9 Å². The van der Waals surface area contributed by atoms with Crippen molar-refractivity contribution in [3.8, 4) is 0 Å². The molecular formula is C13H13BrF4. The third-order valence-corrected chi connectivity index (χ3v) is 4.43. The molecule has 0 spiro atoms. The third-order valence-electron chi connectivity index (χ3n) is 3.29. The molecule has 0 fully saturated rings. The molecule has 2 rings (SSSR count). The summed E-state index contributed by atoms with van der Waals surface area (Å²) in [6, 6.07) is 4.92. The molecule has 0 bridgehead atoms. The van der Waals surface area contributed by atoms with Crippen molar-refractivity contribution in [3.63, 3.8) is 0 Å². The van der Waals surface area contributed by atoms with Gasteiger partial charge in [-0.25, -0.2) is 8.78 Å². The average molecular weight is 325 g/mol. The van der Waals surface area contributed by atoms with E-state index in [-0.39, 0.29) is 5.56 Å². The van der Waals surface area contributed by atoms with Crippen LogP contribution < -0.4 is 0 Å². The molecule has 0 radical (unpaired) electrons. The molecule has 0 aliphatic heterocycles. The molecule has 0 saturated heterocycles. The van der Waals surface area contributed by atoms with E-state index < -0.39 is 17.2 Å². The first-order chi connectivity index (χ1) is 8.43. The van der Waals surface area contributed by atoms with E-state index in [4.69, 9.17) is 0 Å². The van der Waals surface area contributed by atoms with Gasteiger partial charge in [-0.3, -0.25) is 0 Å². The molecule has 1 unspecified atom stereocenters. The Kier molecular flexibility index (Phi) is 3.99.